The molecule has 0 saturated heterocycles. The fourth-order valence-corrected chi connectivity index (χ4v) is 4.33. The van der Waals surface area contributed by atoms with Crippen molar-refractivity contribution in [3.8, 4) is 17.2 Å². The molecule has 0 bridgehead atoms. The van der Waals surface area contributed by atoms with Gasteiger partial charge in [-0.2, -0.15) is 9.78 Å². The van der Waals surface area contributed by atoms with E-state index in [1.807, 2.05) is 16.2 Å². The number of benzene rings is 2. The highest BCUT2D eigenvalue weighted by molar-refractivity contribution is 7.71. The van der Waals surface area contributed by atoms with E-state index in [1.165, 1.54) is 21.6 Å². The number of rotatable bonds is 5. The standard InChI is InChI=1S/C22H26N4O2S/c1-15-5-7-19(8-6-15)26-16(2)23-25(22(26)29)14-24-10-9-17-11-20(27-3)21(28-4)12-18(17)13-24/h5-8,11-12H,9-10,13-14H2,1-4H3/p+1. The molecule has 7 heteroatoms. The SMILES string of the molecule is COc1cc2c(cc1OC)C[NH+](Cn1nc(C)n(-c3ccc(C)cc3)c1=S)CC2. The van der Waals surface area contributed by atoms with Gasteiger partial charge in [0.25, 0.3) is 0 Å². The predicted molar refractivity (Wildman–Crippen MR) is 115 cm³/mol. The monoisotopic (exact) mass is 411 g/mol. The van der Waals surface area contributed by atoms with Crippen LogP contribution in [0.5, 0.6) is 11.5 Å². The normalized spacial score (nSPS) is 15.8. The maximum atomic E-state index is 5.76. The number of nitrogens with zero attached hydrogens (tertiary/aromatic N) is 3. The van der Waals surface area contributed by atoms with Gasteiger partial charge in [0.1, 0.15) is 12.4 Å². The van der Waals surface area contributed by atoms with E-state index in [4.69, 9.17) is 26.8 Å². The first-order chi connectivity index (χ1) is 14.0. The van der Waals surface area contributed by atoms with Crippen LogP contribution in [0.25, 0.3) is 5.69 Å². The van der Waals surface area contributed by atoms with Crippen molar-refractivity contribution >= 4 is 12.2 Å². The van der Waals surface area contributed by atoms with Crippen LogP contribution >= 0.6 is 12.2 Å². The second kappa shape index (κ2) is 8.00. The predicted octanol–water partition coefficient (Wildman–Crippen LogP) is 2.64. The minimum Gasteiger partial charge on any atom is -0.493 e. The smallest absolute Gasteiger partial charge is 0.207 e. The van der Waals surface area contributed by atoms with Gasteiger partial charge in [0.15, 0.2) is 18.2 Å². The van der Waals surface area contributed by atoms with Crippen LogP contribution in [0.2, 0.25) is 0 Å². The van der Waals surface area contributed by atoms with Gasteiger partial charge in [-0.1, -0.05) is 17.7 Å². The lowest BCUT2D eigenvalue weighted by atomic mass is 9.99. The summed E-state index contributed by atoms with van der Waals surface area (Å²) in [4.78, 5) is 1.43. The van der Waals surface area contributed by atoms with Crippen molar-refractivity contribution < 1.29 is 14.4 Å². The van der Waals surface area contributed by atoms with E-state index in [2.05, 4.69) is 43.3 Å². The second-order valence-electron chi connectivity index (χ2n) is 7.56. The second-order valence-corrected chi connectivity index (χ2v) is 7.93. The largest absolute Gasteiger partial charge is 0.493 e. The molecular weight excluding hydrogens is 384 g/mol. The van der Waals surface area contributed by atoms with Crippen LogP contribution in [-0.4, -0.2) is 35.1 Å². The zero-order chi connectivity index (χ0) is 20.5. The minimum atomic E-state index is 0.733. The van der Waals surface area contributed by atoms with Crippen molar-refractivity contribution in [2.75, 3.05) is 20.8 Å². The number of aromatic nitrogens is 3. The van der Waals surface area contributed by atoms with E-state index in [1.54, 1.807) is 14.2 Å². The van der Waals surface area contributed by atoms with Crippen molar-refractivity contribution in [2.45, 2.75) is 33.5 Å². The first-order valence-corrected chi connectivity index (χ1v) is 10.2. The van der Waals surface area contributed by atoms with Crippen LogP contribution in [0.3, 0.4) is 0 Å². The first-order valence-electron chi connectivity index (χ1n) is 9.81. The van der Waals surface area contributed by atoms with Gasteiger partial charge in [-0.3, -0.25) is 4.57 Å². The molecule has 6 nitrogen and oxygen atoms in total. The molecule has 0 fully saturated rings. The van der Waals surface area contributed by atoms with Crippen molar-refractivity contribution in [1.29, 1.82) is 0 Å². The molecule has 0 radical (unpaired) electrons. The van der Waals surface area contributed by atoms with Crippen LogP contribution in [-0.2, 0) is 19.6 Å². The number of methoxy groups -OCH3 is 2. The Bertz CT molecular complexity index is 1090. The minimum absolute atomic E-state index is 0.733. The molecular formula is C22H27N4O2S+. The van der Waals surface area contributed by atoms with Crippen LogP contribution in [0.4, 0.5) is 0 Å². The molecule has 1 aliphatic rings. The third-order valence-electron chi connectivity index (χ3n) is 5.56. The molecule has 2 aromatic carbocycles. The molecule has 0 saturated carbocycles. The third kappa shape index (κ3) is 3.80. The van der Waals surface area contributed by atoms with E-state index in [0.29, 0.717) is 0 Å². The van der Waals surface area contributed by atoms with Crippen LogP contribution in [0, 0.1) is 18.6 Å². The summed E-state index contributed by atoms with van der Waals surface area (Å²) < 4.78 is 15.6. The van der Waals surface area contributed by atoms with E-state index in [-0.39, 0.29) is 0 Å². The summed E-state index contributed by atoms with van der Waals surface area (Å²) in [6.07, 6.45) is 0.996. The van der Waals surface area contributed by atoms with E-state index in [9.17, 15) is 0 Å². The lowest BCUT2D eigenvalue weighted by Crippen LogP contribution is -3.11. The van der Waals surface area contributed by atoms with Crippen molar-refractivity contribution in [2.24, 2.45) is 0 Å². The molecule has 3 aromatic rings. The van der Waals surface area contributed by atoms with Crippen molar-refractivity contribution in [3.05, 3.63) is 63.7 Å². The Labute approximate surface area is 176 Å². The van der Waals surface area contributed by atoms with Gasteiger partial charge in [0.2, 0.25) is 4.77 Å². The van der Waals surface area contributed by atoms with Gasteiger partial charge < -0.3 is 14.4 Å². The summed E-state index contributed by atoms with van der Waals surface area (Å²) in [6, 6.07) is 12.6. The van der Waals surface area contributed by atoms with Crippen molar-refractivity contribution in [1.82, 2.24) is 14.3 Å². The van der Waals surface area contributed by atoms with Crippen LogP contribution < -0.4 is 14.4 Å². The zero-order valence-electron chi connectivity index (χ0n) is 17.4. The Hall–Kier alpha value is -2.64. The fraction of sp³-hybridized carbons (Fsp3) is 0.364. The van der Waals surface area contributed by atoms with Gasteiger partial charge in [-0.15, -0.1) is 0 Å². The Balaban J connectivity index is 1.58. The molecule has 1 N–H and O–H groups in total. The number of hydrogen-bond donors (Lipinski definition) is 1. The number of ether oxygens (including phenoxy) is 2. The maximum Gasteiger partial charge on any atom is 0.207 e. The van der Waals surface area contributed by atoms with Gasteiger partial charge in [0, 0.05) is 17.7 Å². The van der Waals surface area contributed by atoms with E-state index < -0.39 is 0 Å². The van der Waals surface area contributed by atoms with Crippen LogP contribution in [0.15, 0.2) is 36.4 Å². The van der Waals surface area contributed by atoms with Crippen molar-refractivity contribution in [3.63, 3.8) is 0 Å². The Morgan fingerprint density at radius 1 is 1.03 bits per heavy atom. The Morgan fingerprint density at radius 2 is 1.69 bits per heavy atom. The molecule has 4 rings (SSSR count). The lowest BCUT2D eigenvalue weighted by molar-refractivity contribution is -0.939. The van der Waals surface area contributed by atoms with Gasteiger partial charge in [-0.25, -0.2) is 0 Å². The molecule has 1 aliphatic heterocycles. The molecule has 29 heavy (non-hydrogen) atoms. The van der Waals surface area contributed by atoms with Gasteiger partial charge in [0.05, 0.1) is 20.8 Å². The number of nitrogens with one attached hydrogen (secondary N) is 1. The average Bonchev–Trinajstić information content (AvgIpc) is 3.00. The molecule has 0 amide bonds. The summed E-state index contributed by atoms with van der Waals surface area (Å²) in [6.45, 7) is 6.77. The number of hydrogen-bond acceptors (Lipinski definition) is 4. The number of quaternary nitrogens is 1. The Kier molecular flexibility index (Phi) is 5.43. The Morgan fingerprint density at radius 3 is 2.34 bits per heavy atom. The summed E-state index contributed by atoms with van der Waals surface area (Å²) in [5, 5.41) is 4.73. The third-order valence-corrected chi connectivity index (χ3v) is 5.95. The highest BCUT2D eigenvalue weighted by Crippen LogP contribution is 2.31. The fourth-order valence-electron chi connectivity index (χ4n) is 3.99. The maximum absolute atomic E-state index is 5.76. The molecule has 152 valence electrons. The molecule has 1 atom stereocenters. The molecule has 0 spiro atoms. The molecule has 2 heterocycles. The molecule has 0 aliphatic carbocycles. The van der Waals surface area contributed by atoms with Gasteiger partial charge in [-0.05, 0) is 55.9 Å². The highest BCUT2D eigenvalue weighted by Gasteiger charge is 2.23. The van der Waals surface area contributed by atoms with E-state index in [0.717, 1.165) is 54.0 Å². The van der Waals surface area contributed by atoms with Crippen LogP contribution in [0.1, 0.15) is 22.5 Å². The number of fused-ring (bicyclic) bond motifs is 1. The quantitative estimate of drug-likeness (QED) is 0.656. The first kappa shape index (κ1) is 19.7. The highest BCUT2D eigenvalue weighted by atomic mass is 32.1. The average molecular weight is 412 g/mol. The van der Waals surface area contributed by atoms with E-state index >= 15 is 0 Å². The molecule has 1 unspecified atom stereocenters. The number of aryl methyl sites for hydroxylation is 2. The summed E-state index contributed by atoms with van der Waals surface area (Å²) in [7, 11) is 3.36. The lowest BCUT2D eigenvalue weighted by Gasteiger charge is -2.26. The summed E-state index contributed by atoms with van der Waals surface area (Å²) in [5.74, 6) is 2.48. The zero-order valence-corrected chi connectivity index (χ0v) is 18.2. The molecule has 1 aromatic heterocycles. The summed E-state index contributed by atoms with van der Waals surface area (Å²) in [5.41, 5.74) is 4.91. The summed E-state index contributed by atoms with van der Waals surface area (Å²) >= 11 is 5.76. The van der Waals surface area contributed by atoms with Gasteiger partial charge >= 0.3 is 0 Å². The topological polar surface area (TPSA) is 45.6 Å².